The Hall–Kier alpha value is -4.26. The van der Waals surface area contributed by atoms with Crippen molar-refractivity contribution in [1.82, 2.24) is 5.16 Å². The first-order valence-corrected chi connectivity index (χ1v) is 10.3. The Morgan fingerprint density at radius 3 is 2.12 bits per heavy atom. The third-order valence-electron chi connectivity index (χ3n) is 5.65. The molecule has 5 rings (SSSR count). The molecule has 4 aromatic rings. The third-order valence-corrected chi connectivity index (χ3v) is 5.65. The smallest absolute Gasteiger partial charge is 0.336 e. The zero-order valence-corrected chi connectivity index (χ0v) is 17.3. The van der Waals surface area contributed by atoms with Crippen LogP contribution in [-0.4, -0.2) is 15.8 Å². The van der Waals surface area contributed by atoms with E-state index in [0.717, 1.165) is 22.5 Å². The number of hydrazone groups is 1. The number of benzene rings is 3. The normalized spacial score (nSPS) is 17.9. The van der Waals surface area contributed by atoms with Gasteiger partial charge in [-0.15, -0.1) is 0 Å². The van der Waals surface area contributed by atoms with Crippen LogP contribution >= 0.6 is 0 Å². The fourth-order valence-corrected chi connectivity index (χ4v) is 4.24. The quantitative estimate of drug-likeness (QED) is 0.306. The molecule has 0 spiro atoms. The van der Waals surface area contributed by atoms with Crippen molar-refractivity contribution in [3.63, 3.8) is 0 Å². The number of hydrogen-bond acceptors (Lipinski definition) is 6. The van der Waals surface area contributed by atoms with Crippen molar-refractivity contribution in [3.05, 3.63) is 124 Å². The lowest BCUT2D eigenvalue weighted by atomic mass is 9.83. The van der Waals surface area contributed by atoms with Gasteiger partial charge in [0, 0.05) is 0 Å². The van der Waals surface area contributed by atoms with Crippen LogP contribution in [0.3, 0.4) is 0 Å². The predicted molar refractivity (Wildman–Crippen MR) is 122 cm³/mol. The Bertz CT molecular complexity index is 1270. The number of para-hydroxylation sites is 1. The number of rotatable bonds is 5. The predicted octanol–water partition coefficient (Wildman–Crippen LogP) is 5.64. The Morgan fingerprint density at radius 1 is 0.906 bits per heavy atom. The van der Waals surface area contributed by atoms with Crippen molar-refractivity contribution in [2.45, 2.75) is 18.9 Å². The van der Waals surface area contributed by atoms with Crippen molar-refractivity contribution in [2.75, 3.05) is 5.01 Å². The van der Waals surface area contributed by atoms with E-state index in [2.05, 4.69) is 5.16 Å². The van der Waals surface area contributed by atoms with Gasteiger partial charge in [0.25, 0.3) is 0 Å². The highest BCUT2D eigenvalue weighted by atomic mass is 16.6. The van der Waals surface area contributed by atoms with Crippen LogP contribution in [0.1, 0.15) is 34.5 Å². The molecule has 0 aliphatic carbocycles. The Balaban J connectivity index is 1.77. The molecule has 2 atom stereocenters. The molecule has 0 saturated carbocycles. The van der Waals surface area contributed by atoms with E-state index in [4.69, 9.17) is 9.62 Å². The molecule has 0 radical (unpaired) electrons. The minimum atomic E-state index is -0.573. The molecule has 158 valence electrons. The van der Waals surface area contributed by atoms with Gasteiger partial charge < -0.3 is 4.52 Å². The Labute approximate surface area is 184 Å². The van der Waals surface area contributed by atoms with Gasteiger partial charge in [-0.2, -0.15) is 5.10 Å². The van der Waals surface area contributed by atoms with Crippen molar-refractivity contribution in [2.24, 2.45) is 5.10 Å². The third kappa shape index (κ3) is 3.33. The van der Waals surface area contributed by atoms with Crippen LogP contribution in [-0.2, 0) is 0 Å². The second-order valence-electron chi connectivity index (χ2n) is 7.60. The largest absolute Gasteiger partial charge is 0.351 e. The first-order valence-electron chi connectivity index (χ1n) is 10.3. The van der Waals surface area contributed by atoms with Crippen molar-refractivity contribution in [3.8, 4) is 0 Å². The van der Waals surface area contributed by atoms with E-state index in [-0.39, 0.29) is 23.1 Å². The highest BCUT2D eigenvalue weighted by Crippen LogP contribution is 2.48. The standard InChI is InChI=1S/C25H20N4O3/c1-17-23(29(30)31)25(32-27-17)24-21(18-11-5-2-6-12-18)22(19-13-7-3-8-14-19)26-28(24)20-15-9-4-10-16-20/h2-16,21,24H,1H3. The summed E-state index contributed by atoms with van der Waals surface area (Å²) in [4.78, 5) is 11.5. The van der Waals surface area contributed by atoms with Crippen LogP contribution in [0, 0.1) is 17.0 Å². The van der Waals surface area contributed by atoms with Crippen molar-refractivity contribution < 1.29 is 9.45 Å². The molecule has 1 aliphatic rings. The van der Waals surface area contributed by atoms with Crippen LogP contribution in [0.2, 0.25) is 0 Å². The zero-order valence-electron chi connectivity index (χ0n) is 17.3. The molecule has 7 nitrogen and oxygen atoms in total. The molecule has 0 saturated heterocycles. The van der Waals surface area contributed by atoms with E-state index in [0.29, 0.717) is 0 Å². The highest BCUT2D eigenvalue weighted by molar-refractivity contribution is 6.08. The van der Waals surface area contributed by atoms with Gasteiger partial charge in [0.1, 0.15) is 6.04 Å². The van der Waals surface area contributed by atoms with Crippen LogP contribution in [0.4, 0.5) is 11.4 Å². The molecule has 0 N–H and O–H groups in total. The van der Waals surface area contributed by atoms with E-state index >= 15 is 0 Å². The number of aromatic nitrogens is 1. The van der Waals surface area contributed by atoms with Gasteiger partial charge in [-0.25, -0.2) is 0 Å². The van der Waals surface area contributed by atoms with Gasteiger partial charge >= 0.3 is 5.69 Å². The lowest BCUT2D eigenvalue weighted by Crippen LogP contribution is -2.25. The molecule has 2 unspecified atom stereocenters. The van der Waals surface area contributed by atoms with E-state index in [1.165, 1.54) is 0 Å². The summed E-state index contributed by atoms with van der Waals surface area (Å²) in [6.45, 7) is 1.59. The van der Waals surface area contributed by atoms with E-state index < -0.39 is 11.0 Å². The monoisotopic (exact) mass is 424 g/mol. The summed E-state index contributed by atoms with van der Waals surface area (Å²) in [6.07, 6.45) is 0. The Kier molecular flexibility index (Phi) is 4.99. The molecule has 3 aromatic carbocycles. The molecule has 1 aromatic heterocycles. The molecular weight excluding hydrogens is 404 g/mol. The zero-order chi connectivity index (χ0) is 22.1. The second kappa shape index (κ2) is 8.11. The minimum Gasteiger partial charge on any atom is -0.351 e. The van der Waals surface area contributed by atoms with Gasteiger partial charge in [-0.05, 0) is 30.2 Å². The van der Waals surface area contributed by atoms with E-state index in [1.807, 2.05) is 96.0 Å². The van der Waals surface area contributed by atoms with Crippen LogP contribution < -0.4 is 5.01 Å². The lowest BCUT2D eigenvalue weighted by molar-refractivity contribution is -0.386. The van der Waals surface area contributed by atoms with Gasteiger partial charge in [-0.3, -0.25) is 15.1 Å². The van der Waals surface area contributed by atoms with Crippen LogP contribution in [0.15, 0.2) is 101 Å². The summed E-state index contributed by atoms with van der Waals surface area (Å²) in [7, 11) is 0. The van der Waals surface area contributed by atoms with E-state index in [9.17, 15) is 10.1 Å². The topological polar surface area (TPSA) is 84.8 Å². The maximum absolute atomic E-state index is 11.9. The van der Waals surface area contributed by atoms with Crippen molar-refractivity contribution in [1.29, 1.82) is 0 Å². The summed E-state index contributed by atoms with van der Waals surface area (Å²) in [6, 6.07) is 28.8. The second-order valence-corrected chi connectivity index (χ2v) is 7.60. The van der Waals surface area contributed by atoms with Crippen LogP contribution in [0.25, 0.3) is 0 Å². The average Bonchev–Trinajstić information content (AvgIpc) is 3.41. The maximum atomic E-state index is 11.9. The molecule has 2 heterocycles. The first kappa shape index (κ1) is 19.7. The summed E-state index contributed by atoms with van der Waals surface area (Å²) in [5.41, 5.74) is 3.70. The number of anilines is 1. The molecular formula is C25H20N4O3. The number of nitrogens with zero attached hydrogens (tertiary/aromatic N) is 4. The van der Waals surface area contributed by atoms with Gasteiger partial charge in [0.15, 0.2) is 5.69 Å². The number of hydrogen-bond donors (Lipinski definition) is 0. The molecule has 0 bridgehead atoms. The summed E-state index contributed by atoms with van der Waals surface area (Å²) in [5.74, 6) is -0.107. The average molecular weight is 424 g/mol. The molecule has 32 heavy (non-hydrogen) atoms. The summed E-state index contributed by atoms with van der Waals surface area (Å²) in [5, 5.41) is 22.7. The van der Waals surface area contributed by atoms with Crippen molar-refractivity contribution >= 4 is 17.1 Å². The fraction of sp³-hybridized carbons (Fsp3) is 0.120. The first-order chi connectivity index (χ1) is 15.6. The van der Waals surface area contributed by atoms with Crippen LogP contribution in [0.5, 0.6) is 0 Å². The number of aryl methyl sites for hydroxylation is 1. The molecule has 7 heteroatoms. The maximum Gasteiger partial charge on any atom is 0.336 e. The lowest BCUT2D eigenvalue weighted by Gasteiger charge is -2.26. The molecule has 0 fully saturated rings. The van der Waals surface area contributed by atoms with Gasteiger partial charge in [0.2, 0.25) is 5.76 Å². The molecule has 0 amide bonds. The summed E-state index contributed by atoms with van der Waals surface area (Å²) >= 11 is 0. The Morgan fingerprint density at radius 2 is 1.50 bits per heavy atom. The van der Waals surface area contributed by atoms with Gasteiger partial charge in [0.05, 0.1) is 22.2 Å². The number of nitro groups is 1. The van der Waals surface area contributed by atoms with E-state index in [1.54, 1.807) is 6.92 Å². The fourth-order valence-electron chi connectivity index (χ4n) is 4.24. The molecule has 1 aliphatic heterocycles. The van der Waals surface area contributed by atoms with Gasteiger partial charge in [-0.1, -0.05) is 84.0 Å². The minimum absolute atomic E-state index is 0.110. The summed E-state index contributed by atoms with van der Waals surface area (Å²) < 4.78 is 5.62. The SMILES string of the molecule is Cc1noc(C2C(c3ccccc3)C(c3ccccc3)=NN2c2ccccc2)c1[N+](=O)[O-]. The highest BCUT2D eigenvalue weighted by Gasteiger charge is 2.47.